The van der Waals surface area contributed by atoms with Gasteiger partial charge in [0.05, 0.1) is 11.8 Å². The SMILES string of the molecule is CC(=O)c1ccc(NC(=O)COC(=O)[C@H](C)N2C(=O)[C@@H]3[C@H]4C[C@@H]([C@H](Br)[C@@H]4Br)[C@@H]3C2=O)cc1. The fourth-order valence-electron chi connectivity index (χ4n) is 5.10. The molecule has 3 fully saturated rings. The number of fused-ring (bicyclic) bond motifs is 5. The summed E-state index contributed by atoms with van der Waals surface area (Å²) in [6, 6.07) is 5.19. The van der Waals surface area contributed by atoms with Gasteiger partial charge in [0, 0.05) is 20.9 Å². The molecule has 32 heavy (non-hydrogen) atoms. The summed E-state index contributed by atoms with van der Waals surface area (Å²) in [6.45, 7) is 2.33. The molecule has 7 atom stereocenters. The Balaban J connectivity index is 1.34. The standard InChI is InChI=1S/C22H22Br2N2O6/c1-9(22(31)32-8-15(28)25-12-5-3-11(4-6-12)10(2)27)26-20(29)16-13-7-14(17(16)21(26)30)19(24)18(13)23/h3-6,9,13-14,16-19H,7-8H2,1-2H3,(H,25,28)/t9-,13+,14+,16-,17+,18-,19+/m0/s1. The number of esters is 1. The van der Waals surface area contributed by atoms with Crippen molar-refractivity contribution in [3.8, 4) is 0 Å². The van der Waals surface area contributed by atoms with E-state index in [9.17, 15) is 24.0 Å². The van der Waals surface area contributed by atoms with Gasteiger partial charge < -0.3 is 10.1 Å². The fourth-order valence-corrected chi connectivity index (χ4v) is 6.98. The summed E-state index contributed by atoms with van der Waals surface area (Å²) in [6.07, 6.45) is 0.804. The highest BCUT2D eigenvalue weighted by Crippen LogP contribution is 2.60. The van der Waals surface area contributed by atoms with E-state index in [1.54, 1.807) is 24.3 Å². The van der Waals surface area contributed by atoms with Crippen LogP contribution in [0, 0.1) is 23.7 Å². The summed E-state index contributed by atoms with van der Waals surface area (Å²) in [4.78, 5) is 63.2. The van der Waals surface area contributed by atoms with Gasteiger partial charge in [-0.15, -0.1) is 0 Å². The van der Waals surface area contributed by atoms with Gasteiger partial charge in [-0.1, -0.05) is 31.9 Å². The second-order valence-electron chi connectivity index (χ2n) is 8.52. The number of imide groups is 1. The van der Waals surface area contributed by atoms with E-state index in [0.29, 0.717) is 11.3 Å². The lowest BCUT2D eigenvalue weighted by molar-refractivity contribution is -0.159. The number of halogens is 2. The largest absolute Gasteiger partial charge is 0.454 e. The second kappa shape index (κ2) is 8.70. The second-order valence-corrected chi connectivity index (χ2v) is 10.6. The number of alkyl halides is 2. The van der Waals surface area contributed by atoms with Gasteiger partial charge in [-0.2, -0.15) is 0 Å². The van der Waals surface area contributed by atoms with E-state index < -0.39 is 36.4 Å². The van der Waals surface area contributed by atoms with Crippen LogP contribution >= 0.6 is 31.9 Å². The molecule has 3 aliphatic rings. The molecule has 3 amide bonds. The predicted octanol–water partition coefficient (Wildman–Crippen LogP) is 2.54. The lowest BCUT2D eigenvalue weighted by Gasteiger charge is -2.28. The zero-order valence-corrected chi connectivity index (χ0v) is 20.6. The minimum Gasteiger partial charge on any atom is -0.454 e. The maximum atomic E-state index is 13.0. The summed E-state index contributed by atoms with van der Waals surface area (Å²) in [7, 11) is 0. The molecule has 4 rings (SSSR count). The molecule has 1 aromatic rings. The molecule has 1 aromatic carbocycles. The molecule has 0 aromatic heterocycles. The van der Waals surface area contributed by atoms with Crippen molar-refractivity contribution in [2.75, 3.05) is 11.9 Å². The van der Waals surface area contributed by atoms with Crippen LogP contribution < -0.4 is 5.32 Å². The highest BCUT2D eigenvalue weighted by molar-refractivity contribution is 9.12. The number of ketones is 1. The average Bonchev–Trinajstić information content (AvgIpc) is 3.36. The van der Waals surface area contributed by atoms with E-state index in [1.807, 2.05) is 0 Å². The van der Waals surface area contributed by atoms with Crippen molar-refractivity contribution in [3.05, 3.63) is 29.8 Å². The molecular formula is C22H22Br2N2O6. The molecule has 1 heterocycles. The van der Waals surface area contributed by atoms with Crippen LogP contribution in [0.5, 0.6) is 0 Å². The number of hydrogen-bond donors (Lipinski definition) is 1. The molecular weight excluding hydrogens is 548 g/mol. The highest BCUT2D eigenvalue weighted by Gasteiger charge is 2.67. The number of Topliss-reactive ketones (excluding diaryl/α,β-unsaturated/α-hetero) is 1. The van der Waals surface area contributed by atoms with E-state index in [4.69, 9.17) is 4.74 Å². The number of anilines is 1. The van der Waals surface area contributed by atoms with Crippen LogP contribution in [0.25, 0.3) is 0 Å². The summed E-state index contributed by atoms with van der Waals surface area (Å²) >= 11 is 7.26. The van der Waals surface area contributed by atoms with Crippen LogP contribution in [0.3, 0.4) is 0 Å². The number of likely N-dealkylation sites (tertiary alicyclic amines) is 1. The van der Waals surface area contributed by atoms with Crippen molar-refractivity contribution in [1.82, 2.24) is 4.90 Å². The van der Waals surface area contributed by atoms with Crippen molar-refractivity contribution >= 4 is 67.0 Å². The molecule has 8 nitrogen and oxygen atoms in total. The summed E-state index contributed by atoms with van der Waals surface area (Å²) in [5.41, 5.74) is 0.963. The zero-order chi connectivity index (χ0) is 23.3. The van der Waals surface area contributed by atoms with Gasteiger partial charge in [0.25, 0.3) is 5.91 Å². The van der Waals surface area contributed by atoms with Gasteiger partial charge in [-0.05, 0) is 56.4 Å². The minimum absolute atomic E-state index is 0.0548. The van der Waals surface area contributed by atoms with Crippen molar-refractivity contribution in [2.45, 2.75) is 36.0 Å². The van der Waals surface area contributed by atoms with E-state index in [1.165, 1.54) is 13.8 Å². The Morgan fingerprint density at radius 1 is 1.06 bits per heavy atom. The molecule has 1 N–H and O–H groups in total. The lowest BCUT2D eigenvalue weighted by atomic mass is 9.81. The molecule has 2 saturated carbocycles. The Hall–Kier alpha value is -2.07. The van der Waals surface area contributed by atoms with Crippen molar-refractivity contribution in [3.63, 3.8) is 0 Å². The first-order valence-corrected chi connectivity index (χ1v) is 12.2. The van der Waals surface area contributed by atoms with Crippen LogP contribution in [-0.4, -0.2) is 56.7 Å². The first kappa shape index (κ1) is 23.1. The molecule has 0 unspecified atom stereocenters. The molecule has 0 spiro atoms. The van der Waals surface area contributed by atoms with Crippen LogP contribution in [0.1, 0.15) is 30.6 Å². The van der Waals surface area contributed by atoms with E-state index in [0.717, 1.165) is 11.3 Å². The normalized spacial score (nSPS) is 31.4. The number of nitrogens with zero attached hydrogens (tertiary/aromatic N) is 1. The third-order valence-electron chi connectivity index (χ3n) is 6.67. The maximum absolute atomic E-state index is 13.0. The zero-order valence-electron chi connectivity index (χ0n) is 17.4. The average molecular weight is 570 g/mol. The van der Waals surface area contributed by atoms with Gasteiger partial charge in [0.1, 0.15) is 6.04 Å². The lowest BCUT2D eigenvalue weighted by Crippen LogP contribution is -2.45. The van der Waals surface area contributed by atoms with Crippen molar-refractivity contribution in [2.24, 2.45) is 23.7 Å². The molecule has 170 valence electrons. The van der Waals surface area contributed by atoms with Crippen LogP contribution in [0.4, 0.5) is 5.69 Å². The monoisotopic (exact) mass is 568 g/mol. The number of carbonyl (C=O) groups excluding carboxylic acids is 5. The van der Waals surface area contributed by atoms with E-state index in [2.05, 4.69) is 37.2 Å². The van der Waals surface area contributed by atoms with Crippen LogP contribution in [-0.2, 0) is 23.9 Å². The van der Waals surface area contributed by atoms with Gasteiger partial charge in [-0.3, -0.25) is 24.1 Å². The Labute approximate surface area is 201 Å². The van der Waals surface area contributed by atoms with Gasteiger partial charge >= 0.3 is 5.97 Å². The van der Waals surface area contributed by atoms with E-state index >= 15 is 0 Å². The molecule has 10 heteroatoms. The molecule has 1 saturated heterocycles. The third-order valence-corrected chi connectivity index (χ3v) is 9.88. The highest BCUT2D eigenvalue weighted by atomic mass is 79.9. The number of nitrogens with one attached hydrogen (secondary N) is 1. The Bertz CT molecular complexity index is 965. The van der Waals surface area contributed by atoms with Crippen molar-refractivity contribution < 1.29 is 28.7 Å². The molecule has 2 aliphatic carbocycles. The maximum Gasteiger partial charge on any atom is 0.329 e. The number of benzene rings is 1. The smallest absolute Gasteiger partial charge is 0.329 e. The van der Waals surface area contributed by atoms with Crippen LogP contribution in [0.15, 0.2) is 24.3 Å². The summed E-state index contributed by atoms with van der Waals surface area (Å²) in [5.74, 6) is -2.87. The van der Waals surface area contributed by atoms with E-state index in [-0.39, 0.29) is 39.1 Å². The van der Waals surface area contributed by atoms with Crippen LogP contribution in [0.2, 0.25) is 0 Å². The van der Waals surface area contributed by atoms with Gasteiger partial charge in [-0.25, -0.2) is 4.79 Å². The number of rotatable bonds is 6. The quantitative estimate of drug-likeness (QED) is 0.244. The number of carbonyl (C=O) groups is 5. The summed E-state index contributed by atoms with van der Waals surface area (Å²) < 4.78 is 5.07. The topological polar surface area (TPSA) is 110 Å². The number of hydrogen-bond acceptors (Lipinski definition) is 6. The minimum atomic E-state index is -1.11. The Morgan fingerprint density at radius 2 is 1.59 bits per heavy atom. The third kappa shape index (κ3) is 3.81. The number of amides is 3. The first-order valence-electron chi connectivity index (χ1n) is 10.3. The Kier molecular flexibility index (Phi) is 6.28. The first-order chi connectivity index (χ1) is 15.1. The molecule has 0 radical (unpaired) electrons. The predicted molar refractivity (Wildman–Crippen MR) is 121 cm³/mol. The Morgan fingerprint density at radius 3 is 2.09 bits per heavy atom. The molecule has 2 bridgehead atoms. The van der Waals surface area contributed by atoms with Gasteiger partial charge in [0.15, 0.2) is 12.4 Å². The molecule has 1 aliphatic heterocycles. The number of ether oxygens (including phenoxy) is 1. The fraction of sp³-hybridized carbons (Fsp3) is 0.500. The summed E-state index contributed by atoms with van der Waals surface area (Å²) in [5, 5.41) is 2.57. The van der Waals surface area contributed by atoms with Gasteiger partial charge in [0.2, 0.25) is 11.8 Å². The van der Waals surface area contributed by atoms with Crippen molar-refractivity contribution in [1.29, 1.82) is 0 Å².